The van der Waals surface area contributed by atoms with Gasteiger partial charge in [0.05, 0.1) is 5.52 Å². The minimum absolute atomic E-state index is 0.0511. The summed E-state index contributed by atoms with van der Waals surface area (Å²) in [6, 6.07) is 7.53. The first-order chi connectivity index (χ1) is 6.48. The second-order valence-electron chi connectivity index (χ2n) is 4.60. The van der Waals surface area contributed by atoms with E-state index in [4.69, 9.17) is 0 Å². The van der Waals surface area contributed by atoms with Crippen molar-refractivity contribution in [2.75, 3.05) is 0 Å². The Morgan fingerprint density at radius 3 is 2.50 bits per heavy atom. The zero-order chi connectivity index (χ0) is 10.3. The molecule has 2 nitrogen and oxygen atoms in total. The molecule has 1 aromatic heterocycles. The maximum Gasteiger partial charge on any atom is 0.117 e. The molecule has 0 saturated heterocycles. The zero-order valence-electron chi connectivity index (χ0n) is 8.78. The lowest BCUT2D eigenvalue weighted by Crippen LogP contribution is -2.20. The molecule has 0 aliphatic carbocycles. The Balaban J connectivity index is 2.73. The van der Waals surface area contributed by atoms with E-state index < -0.39 is 0 Å². The second kappa shape index (κ2) is 2.77. The third kappa shape index (κ3) is 1.37. The van der Waals surface area contributed by atoms with Gasteiger partial charge in [-0.2, -0.15) is 0 Å². The van der Waals surface area contributed by atoms with E-state index in [0.717, 1.165) is 10.9 Å². The number of aromatic nitrogens is 1. The number of benzene rings is 1. The second-order valence-corrected chi connectivity index (χ2v) is 4.60. The molecule has 1 N–H and O–H groups in total. The van der Waals surface area contributed by atoms with E-state index in [1.165, 1.54) is 0 Å². The van der Waals surface area contributed by atoms with Crippen molar-refractivity contribution in [2.24, 2.45) is 0 Å². The molecule has 0 aliphatic heterocycles. The maximum atomic E-state index is 9.43. The van der Waals surface area contributed by atoms with Gasteiger partial charge in [0.25, 0.3) is 0 Å². The predicted molar refractivity (Wildman–Crippen MR) is 58.6 cm³/mol. The van der Waals surface area contributed by atoms with E-state index in [-0.39, 0.29) is 5.54 Å². The van der Waals surface area contributed by atoms with Crippen LogP contribution in [-0.4, -0.2) is 9.67 Å². The number of fused-ring (bicyclic) bond motifs is 1. The number of hydrogen-bond donors (Lipinski definition) is 1. The lowest BCUT2D eigenvalue weighted by molar-refractivity contribution is 0.410. The van der Waals surface area contributed by atoms with Gasteiger partial charge in [0.15, 0.2) is 0 Å². The van der Waals surface area contributed by atoms with Gasteiger partial charge in [-0.25, -0.2) is 0 Å². The van der Waals surface area contributed by atoms with E-state index >= 15 is 0 Å². The third-order valence-electron chi connectivity index (χ3n) is 2.40. The molecule has 0 amide bonds. The molecule has 14 heavy (non-hydrogen) atoms. The quantitative estimate of drug-likeness (QED) is 0.676. The van der Waals surface area contributed by atoms with Crippen LogP contribution in [0.5, 0.6) is 5.75 Å². The van der Waals surface area contributed by atoms with Crippen LogP contribution in [0.2, 0.25) is 0 Å². The molecule has 0 radical (unpaired) electrons. The normalized spacial score (nSPS) is 12.2. The highest BCUT2D eigenvalue weighted by Crippen LogP contribution is 2.26. The Hall–Kier alpha value is -1.44. The lowest BCUT2D eigenvalue weighted by Gasteiger charge is -2.22. The molecule has 2 heteroatoms. The monoisotopic (exact) mass is 189 g/mol. The SMILES string of the molecule is CC(C)(C)n1ccc2ccc(O)cc21. The summed E-state index contributed by atoms with van der Waals surface area (Å²) in [6.45, 7) is 6.45. The Labute approximate surface area is 83.8 Å². The van der Waals surface area contributed by atoms with Gasteiger partial charge in [0, 0.05) is 17.8 Å². The van der Waals surface area contributed by atoms with Gasteiger partial charge >= 0.3 is 0 Å². The predicted octanol–water partition coefficient (Wildman–Crippen LogP) is 3.10. The highest BCUT2D eigenvalue weighted by atomic mass is 16.3. The van der Waals surface area contributed by atoms with Crippen LogP contribution in [0.3, 0.4) is 0 Å². The minimum Gasteiger partial charge on any atom is -0.508 e. The minimum atomic E-state index is 0.0511. The first-order valence-corrected chi connectivity index (χ1v) is 4.79. The van der Waals surface area contributed by atoms with Gasteiger partial charge in [-0.3, -0.25) is 0 Å². The Bertz CT molecular complexity index is 463. The third-order valence-corrected chi connectivity index (χ3v) is 2.40. The molecular weight excluding hydrogens is 174 g/mol. The summed E-state index contributed by atoms with van der Waals surface area (Å²) in [5.41, 5.74) is 1.13. The van der Waals surface area contributed by atoms with Crippen molar-refractivity contribution < 1.29 is 5.11 Å². The number of phenolic OH excluding ortho intramolecular Hbond substituents is 1. The van der Waals surface area contributed by atoms with Gasteiger partial charge < -0.3 is 9.67 Å². The van der Waals surface area contributed by atoms with Crippen molar-refractivity contribution in [1.29, 1.82) is 0 Å². The molecule has 0 bridgehead atoms. The fraction of sp³-hybridized carbons (Fsp3) is 0.333. The smallest absolute Gasteiger partial charge is 0.117 e. The van der Waals surface area contributed by atoms with Crippen molar-refractivity contribution in [2.45, 2.75) is 26.3 Å². The summed E-state index contributed by atoms with van der Waals surface area (Å²) in [5, 5.41) is 10.6. The average Bonchev–Trinajstić information content (AvgIpc) is 2.45. The topological polar surface area (TPSA) is 25.2 Å². The molecule has 2 rings (SSSR count). The number of nitrogens with zero attached hydrogens (tertiary/aromatic N) is 1. The van der Waals surface area contributed by atoms with E-state index in [2.05, 4.69) is 37.6 Å². The van der Waals surface area contributed by atoms with E-state index in [1.54, 1.807) is 12.1 Å². The first-order valence-electron chi connectivity index (χ1n) is 4.79. The van der Waals surface area contributed by atoms with Crippen LogP contribution in [0.15, 0.2) is 30.5 Å². The van der Waals surface area contributed by atoms with Crippen LogP contribution in [0.1, 0.15) is 20.8 Å². The molecule has 1 heterocycles. The van der Waals surface area contributed by atoms with Crippen molar-refractivity contribution in [1.82, 2.24) is 4.57 Å². The average molecular weight is 189 g/mol. The summed E-state index contributed by atoms with van der Waals surface area (Å²) < 4.78 is 2.17. The lowest BCUT2D eigenvalue weighted by atomic mass is 10.1. The fourth-order valence-electron chi connectivity index (χ4n) is 1.70. The van der Waals surface area contributed by atoms with E-state index in [0.29, 0.717) is 5.75 Å². The molecule has 0 saturated carbocycles. The summed E-state index contributed by atoms with van der Waals surface area (Å²) >= 11 is 0. The molecule has 0 fully saturated rings. The van der Waals surface area contributed by atoms with Crippen molar-refractivity contribution in [3.63, 3.8) is 0 Å². The van der Waals surface area contributed by atoms with Crippen molar-refractivity contribution in [3.8, 4) is 5.75 Å². The molecule has 0 unspecified atom stereocenters. The molecule has 1 aromatic carbocycles. The van der Waals surface area contributed by atoms with Gasteiger partial charge in [-0.1, -0.05) is 0 Å². The summed E-state index contributed by atoms with van der Waals surface area (Å²) in [4.78, 5) is 0. The molecule has 2 aromatic rings. The van der Waals surface area contributed by atoms with Crippen LogP contribution in [0.4, 0.5) is 0 Å². The standard InChI is InChI=1S/C12H15NO/c1-12(2,3)13-7-6-9-4-5-10(14)8-11(9)13/h4-8,14H,1-3H3. The van der Waals surface area contributed by atoms with E-state index in [9.17, 15) is 5.11 Å². The number of hydrogen-bond acceptors (Lipinski definition) is 1. The number of aromatic hydroxyl groups is 1. The molecule has 0 aliphatic rings. The Morgan fingerprint density at radius 2 is 1.86 bits per heavy atom. The van der Waals surface area contributed by atoms with Crippen LogP contribution < -0.4 is 0 Å². The molecule has 0 spiro atoms. The number of phenols is 1. The highest BCUT2D eigenvalue weighted by molar-refractivity contribution is 5.81. The molecule has 0 atom stereocenters. The van der Waals surface area contributed by atoms with E-state index in [1.807, 2.05) is 6.07 Å². The van der Waals surface area contributed by atoms with Crippen LogP contribution in [0, 0.1) is 0 Å². The Morgan fingerprint density at radius 1 is 1.14 bits per heavy atom. The van der Waals surface area contributed by atoms with Crippen LogP contribution in [-0.2, 0) is 5.54 Å². The number of rotatable bonds is 0. The van der Waals surface area contributed by atoms with Crippen molar-refractivity contribution >= 4 is 10.9 Å². The Kier molecular flexibility index (Phi) is 1.81. The van der Waals surface area contributed by atoms with Crippen molar-refractivity contribution in [3.05, 3.63) is 30.5 Å². The zero-order valence-corrected chi connectivity index (χ0v) is 8.78. The van der Waals surface area contributed by atoms with Crippen LogP contribution >= 0.6 is 0 Å². The molecular formula is C12H15NO. The summed E-state index contributed by atoms with van der Waals surface area (Å²) in [6.07, 6.45) is 2.06. The fourth-order valence-corrected chi connectivity index (χ4v) is 1.70. The largest absolute Gasteiger partial charge is 0.508 e. The van der Waals surface area contributed by atoms with Gasteiger partial charge in [0.1, 0.15) is 5.75 Å². The summed E-state index contributed by atoms with van der Waals surface area (Å²) in [5.74, 6) is 0.321. The summed E-state index contributed by atoms with van der Waals surface area (Å²) in [7, 11) is 0. The van der Waals surface area contributed by atoms with Gasteiger partial charge in [-0.05, 0) is 44.4 Å². The maximum absolute atomic E-state index is 9.43. The first kappa shape index (κ1) is 9.13. The van der Waals surface area contributed by atoms with Gasteiger partial charge in [0.2, 0.25) is 0 Å². The highest BCUT2D eigenvalue weighted by Gasteiger charge is 2.14. The molecule has 74 valence electrons. The van der Waals surface area contributed by atoms with Gasteiger partial charge in [-0.15, -0.1) is 0 Å². The van der Waals surface area contributed by atoms with Crippen LogP contribution in [0.25, 0.3) is 10.9 Å².